The molecule has 1 aliphatic heterocycles. The van der Waals surface area contributed by atoms with E-state index in [-0.39, 0.29) is 34.6 Å². The highest BCUT2D eigenvalue weighted by molar-refractivity contribution is 7.84. The summed E-state index contributed by atoms with van der Waals surface area (Å²) in [6.07, 6.45) is -7.61. The molecule has 4 atom stereocenters. The molecule has 11 nitrogen and oxygen atoms in total. The second-order valence-corrected chi connectivity index (χ2v) is 9.24. The number of benzene rings is 1. The summed E-state index contributed by atoms with van der Waals surface area (Å²) in [5, 5.41) is 27.8. The van der Waals surface area contributed by atoms with E-state index in [0.717, 1.165) is 18.5 Å². The van der Waals surface area contributed by atoms with Gasteiger partial charge in [-0.3, -0.25) is 4.18 Å². The molecule has 1 aromatic carbocycles. The number of anilines is 1. The number of halogens is 4. The van der Waals surface area contributed by atoms with Crippen molar-refractivity contribution in [2.45, 2.75) is 37.1 Å². The Kier molecular flexibility index (Phi) is 6.93. The first-order chi connectivity index (χ1) is 16.3. The monoisotopic (exact) mass is 538 g/mol. The summed E-state index contributed by atoms with van der Waals surface area (Å²) in [5.41, 5.74) is -0.170. The molecule has 0 saturated carbocycles. The Bertz CT molecular complexity index is 1340. The zero-order chi connectivity index (χ0) is 25.5. The molecule has 3 heterocycles. The number of nitrogens with two attached hydrogens (primary N) is 1. The molecular formula is C19H18ClF3N4O7S. The van der Waals surface area contributed by atoms with Gasteiger partial charge in [-0.15, -0.1) is 0 Å². The zero-order valence-corrected chi connectivity index (χ0v) is 19.0. The fourth-order valence-electron chi connectivity index (χ4n) is 3.59. The smallest absolute Gasteiger partial charge is 0.417 e. The van der Waals surface area contributed by atoms with E-state index in [2.05, 4.69) is 19.5 Å². The number of ether oxygens (including phenoxy) is 1. The maximum absolute atomic E-state index is 13.1. The molecule has 1 fully saturated rings. The highest BCUT2D eigenvalue weighted by Gasteiger charge is 2.45. The van der Waals surface area contributed by atoms with Crippen LogP contribution in [0.3, 0.4) is 0 Å². The molecule has 16 heteroatoms. The Hall–Kier alpha value is -2.53. The lowest BCUT2D eigenvalue weighted by Crippen LogP contribution is -2.34. The van der Waals surface area contributed by atoms with Crippen molar-refractivity contribution in [3.63, 3.8) is 0 Å². The second kappa shape index (κ2) is 9.50. The average Bonchev–Trinajstić information content (AvgIpc) is 3.32. The molecule has 1 saturated heterocycles. The van der Waals surface area contributed by atoms with E-state index in [1.807, 2.05) is 0 Å². The lowest BCUT2D eigenvalue weighted by Gasteiger charge is -2.13. The van der Waals surface area contributed by atoms with Gasteiger partial charge in [-0.2, -0.15) is 21.6 Å². The molecule has 3 aromatic rings. The summed E-state index contributed by atoms with van der Waals surface area (Å²) in [4.78, 5) is 8.14. The number of alkyl halides is 3. The lowest BCUT2D eigenvalue weighted by atomic mass is 10.0. The van der Waals surface area contributed by atoms with Gasteiger partial charge in [-0.05, 0) is 17.7 Å². The van der Waals surface area contributed by atoms with Crippen LogP contribution in [0.25, 0.3) is 11.1 Å². The van der Waals surface area contributed by atoms with Crippen LogP contribution in [0.15, 0.2) is 35.2 Å². The predicted molar refractivity (Wildman–Crippen MR) is 114 cm³/mol. The topological polar surface area (TPSA) is 170 Å². The number of rotatable bonds is 7. The molecule has 35 heavy (non-hydrogen) atoms. The Morgan fingerprint density at radius 3 is 2.66 bits per heavy atom. The van der Waals surface area contributed by atoms with Crippen molar-refractivity contribution in [1.29, 1.82) is 0 Å². The van der Waals surface area contributed by atoms with Crippen LogP contribution >= 0.6 is 11.6 Å². The highest BCUT2D eigenvalue weighted by atomic mass is 35.5. The van der Waals surface area contributed by atoms with Crippen molar-refractivity contribution >= 4 is 38.8 Å². The number of nitrogens with zero attached hydrogens (tertiary/aromatic N) is 2. The Morgan fingerprint density at radius 2 is 1.97 bits per heavy atom. The largest absolute Gasteiger partial charge is 0.458 e. The number of aliphatic hydroxyl groups is 2. The van der Waals surface area contributed by atoms with Gasteiger partial charge in [-0.1, -0.05) is 17.7 Å². The minimum atomic E-state index is -4.62. The number of aromatic nitrogens is 2. The maximum atomic E-state index is 13.1. The maximum Gasteiger partial charge on any atom is 0.417 e. The number of fused-ring (bicyclic) bond motifs is 1. The van der Waals surface area contributed by atoms with E-state index < -0.39 is 58.1 Å². The van der Waals surface area contributed by atoms with Gasteiger partial charge in [0.15, 0.2) is 11.4 Å². The first-order valence-corrected chi connectivity index (χ1v) is 11.7. The summed E-state index contributed by atoms with van der Waals surface area (Å²) in [5.74, 6) is 0.145. The molecule has 190 valence electrons. The molecule has 0 bridgehead atoms. The lowest BCUT2D eigenvalue weighted by molar-refractivity contribution is -0.137. The summed E-state index contributed by atoms with van der Waals surface area (Å²) in [6, 6.07) is 3.47. The first kappa shape index (κ1) is 25.6. The van der Waals surface area contributed by atoms with E-state index in [1.54, 1.807) is 0 Å². The second-order valence-electron chi connectivity index (χ2n) is 7.61. The number of aliphatic hydroxyl groups excluding tert-OH is 2. The van der Waals surface area contributed by atoms with Crippen molar-refractivity contribution < 1.29 is 45.1 Å². The molecule has 0 unspecified atom stereocenters. The van der Waals surface area contributed by atoms with Crippen LogP contribution in [-0.4, -0.2) is 53.5 Å². The molecule has 4 rings (SSSR count). The number of nitrogens with one attached hydrogen (secondary N) is 1. The van der Waals surface area contributed by atoms with Crippen molar-refractivity contribution in [3.8, 4) is 0 Å². The third-order valence-electron chi connectivity index (χ3n) is 5.24. The van der Waals surface area contributed by atoms with Crippen molar-refractivity contribution in [2.75, 3.05) is 11.9 Å². The van der Waals surface area contributed by atoms with Gasteiger partial charge in [0.05, 0.1) is 23.5 Å². The Labute approximate surface area is 200 Å². The van der Waals surface area contributed by atoms with Crippen LogP contribution < -0.4 is 10.5 Å². The van der Waals surface area contributed by atoms with Crippen molar-refractivity contribution in [2.24, 2.45) is 5.14 Å². The molecule has 0 aliphatic carbocycles. The molecule has 5 N–H and O–H groups in total. The predicted octanol–water partition coefficient (Wildman–Crippen LogP) is 1.89. The quantitative estimate of drug-likeness (QED) is 0.348. The molecule has 0 spiro atoms. The number of hydrogen-bond donors (Lipinski definition) is 4. The van der Waals surface area contributed by atoms with Gasteiger partial charge >= 0.3 is 16.5 Å². The van der Waals surface area contributed by atoms with Crippen LogP contribution in [0.5, 0.6) is 0 Å². The molecule has 2 aromatic heterocycles. The zero-order valence-electron chi connectivity index (χ0n) is 17.4. The van der Waals surface area contributed by atoms with Crippen LogP contribution in [0.2, 0.25) is 5.02 Å². The summed E-state index contributed by atoms with van der Waals surface area (Å²) >= 11 is 5.65. The third-order valence-corrected chi connectivity index (χ3v) is 6.04. The molecule has 0 radical (unpaired) electrons. The van der Waals surface area contributed by atoms with Gasteiger partial charge in [0, 0.05) is 12.1 Å². The van der Waals surface area contributed by atoms with E-state index in [1.165, 1.54) is 12.3 Å². The van der Waals surface area contributed by atoms with Crippen molar-refractivity contribution in [3.05, 3.63) is 52.5 Å². The fourth-order valence-corrected chi connectivity index (χ4v) is 4.14. The van der Waals surface area contributed by atoms with Gasteiger partial charge in [0.1, 0.15) is 36.3 Å². The molecule has 0 amide bonds. The van der Waals surface area contributed by atoms with E-state index in [4.69, 9.17) is 25.9 Å². The van der Waals surface area contributed by atoms with Crippen LogP contribution in [0.1, 0.15) is 22.8 Å². The fraction of sp³-hybridized carbons (Fsp3) is 0.368. The SMILES string of the molecule is NS(=O)(=O)OC[C@H]1O[C@@H](c2coc3c(NCc4ccc(Cl)c(C(F)(F)F)c4)ncnc23)[C@H](O)[C@@H]1O. The Morgan fingerprint density at radius 1 is 1.23 bits per heavy atom. The van der Waals surface area contributed by atoms with Gasteiger partial charge < -0.3 is 24.7 Å². The summed E-state index contributed by atoms with van der Waals surface area (Å²) < 4.78 is 76.8. The standard InChI is InChI=1S/C19H18ClF3N4O7S/c20-11-2-1-8(3-10(11)19(21,22)23)4-25-18-17-13(26-7-27-18)9(5-32-17)16-15(29)14(28)12(34-16)6-33-35(24,30)31/h1-3,5,7,12,14-16,28-29H,4,6H2,(H2,24,30,31)(H,25,26,27)/t12-,14-,15-,16+/m1/s1. The minimum Gasteiger partial charge on any atom is -0.458 e. The molecular weight excluding hydrogens is 521 g/mol. The number of furan rings is 1. The van der Waals surface area contributed by atoms with Crippen LogP contribution in [0.4, 0.5) is 19.0 Å². The van der Waals surface area contributed by atoms with E-state index in [9.17, 15) is 31.8 Å². The first-order valence-electron chi connectivity index (χ1n) is 9.85. The normalized spacial score (nSPS) is 23.2. The summed E-state index contributed by atoms with van der Waals surface area (Å²) in [7, 11) is -4.30. The van der Waals surface area contributed by atoms with Gasteiger partial charge in [-0.25, -0.2) is 15.1 Å². The van der Waals surface area contributed by atoms with Crippen LogP contribution in [-0.2, 0) is 31.9 Å². The van der Waals surface area contributed by atoms with Gasteiger partial charge in [0.25, 0.3) is 0 Å². The summed E-state index contributed by atoms with van der Waals surface area (Å²) in [6.45, 7) is -0.692. The molecule has 1 aliphatic rings. The highest BCUT2D eigenvalue weighted by Crippen LogP contribution is 2.39. The Balaban J connectivity index is 1.54. The van der Waals surface area contributed by atoms with Gasteiger partial charge in [0.2, 0.25) is 0 Å². The van der Waals surface area contributed by atoms with Crippen molar-refractivity contribution in [1.82, 2.24) is 9.97 Å². The average molecular weight is 539 g/mol. The van der Waals surface area contributed by atoms with Crippen LogP contribution in [0, 0.1) is 0 Å². The third kappa shape index (κ3) is 5.50. The number of hydrogen-bond acceptors (Lipinski definition) is 10. The minimum absolute atomic E-state index is 0.0589. The van der Waals surface area contributed by atoms with E-state index in [0.29, 0.717) is 0 Å². The van der Waals surface area contributed by atoms with E-state index >= 15 is 0 Å².